The van der Waals surface area contributed by atoms with E-state index in [1.165, 1.54) is 7.11 Å². The predicted molar refractivity (Wildman–Crippen MR) is 102 cm³/mol. The van der Waals surface area contributed by atoms with Crippen LogP contribution in [0.4, 0.5) is 0 Å². The summed E-state index contributed by atoms with van der Waals surface area (Å²) in [7, 11) is 3.21. The minimum absolute atomic E-state index is 0.122. The molecule has 1 amide bonds. The van der Waals surface area contributed by atoms with E-state index in [-0.39, 0.29) is 18.6 Å². The van der Waals surface area contributed by atoms with Gasteiger partial charge in [-0.05, 0) is 37.6 Å². The van der Waals surface area contributed by atoms with Gasteiger partial charge in [0.25, 0.3) is 5.91 Å². The van der Waals surface area contributed by atoms with Crippen molar-refractivity contribution in [1.82, 2.24) is 4.90 Å². The average Bonchev–Trinajstić information content (AvgIpc) is 2.71. The Bertz CT molecular complexity index is 775. The molecular formula is C21H25NO5. The first kappa shape index (κ1) is 20.3. The number of carbonyl (C=O) groups is 2. The summed E-state index contributed by atoms with van der Waals surface area (Å²) in [5.74, 6) is 0.113. The van der Waals surface area contributed by atoms with E-state index in [1.54, 1.807) is 30.1 Å². The summed E-state index contributed by atoms with van der Waals surface area (Å²) >= 11 is 0. The lowest BCUT2D eigenvalue weighted by Gasteiger charge is -2.25. The topological polar surface area (TPSA) is 65.1 Å². The third-order valence-electron chi connectivity index (χ3n) is 4.28. The highest BCUT2D eigenvalue weighted by Crippen LogP contribution is 2.28. The zero-order valence-corrected chi connectivity index (χ0v) is 16.1. The highest BCUT2D eigenvalue weighted by atomic mass is 16.5. The number of amides is 1. The second-order valence-electron chi connectivity index (χ2n) is 5.97. The molecule has 2 aromatic rings. The van der Waals surface area contributed by atoms with Gasteiger partial charge in [0.05, 0.1) is 25.3 Å². The van der Waals surface area contributed by atoms with Gasteiger partial charge in [0.15, 0.2) is 18.1 Å². The maximum Gasteiger partial charge on any atom is 0.338 e. The van der Waals surface area contributed by atoms with Crippen LogP contribution < -0.4 is 9.47 Å². The van der Waals surface area contributed by atoms with Crippen molar-refractivity contribution in [3.8, 4) is 11.5 Å². The summed E-state index contributed by atoms with van der Waals surface area (Å²) in [6.45, 7) is 3.87. The Hall–Kier alpha value is -3.02. The van der Waals surface area contributed by atoms with E-state index >= 15 is 0 Å². The molecule has 144 valence electrons. The van der Waals surface area contributed by atoms with E-state index in [0.29, 0.717) is 23.7 Å². The van der Waals surface area contributed by atoms with Crippen LogP contribution in [-0.2, 0) is 9.53 Å². The summed E-state index contributed by atoms with van der Waals surface area (Å²) in [5, 5.41) is 0. The number of hydrogen-bond donors (Lipinski definition) is 0. The monoisotopic (exact) mass is 371 g/mol. The number of carbonyl (C=O) groups excluding carboxylic acids is 2. The van der Waals surface area contributed by atoms with Crippen LogP contribution in [0.5, 0.6) is 11.5 Å². The summed E-state index contributed by atoms with van der Waals surface area (Å²) in [6.07, 6.45) is 0. The maximum absolute atomic E-state index is 12.4. The second kappa shape index (κ2) is 9.62. The molecular weight excluding hydrogens is 346 g/mol. The van der Waals surface area contributed by atoms with E-state index in [1.807, 2.05) is 44.2 Å². The number of rotatable bonds is 8. The van der Waals surface area contributed by atoms with Gasteiger partial charge < -0.3 is 19.1 Å². The van der Waals surface area contributed by atoms with Crippen molar-refractivity contribution >= 4 is 11.9 Å². The molecule has 0 N–H and O–H groups in total. The molecule has 0 unspecified atom stereocenters. The van der Waals surface area contributed by atoms with E-state index in [0.717, 1.165) is 5.56 Å². The van der Waals surface area contributed by atoms with E-state index in [4.69, 9.17) is 14.2 Å². The van der Waals surface area contributed by atoms with Gasteiger partial charge in [0, 0.05) is 7.05 Å². The number of hydrogen-bond acceptors (Lipinski definition) is 5. The number of nitrogens with zero attached hydrogens (tertiary/aromatic N) is 1. The first-order valence-electron chi connectivity index (χ1n) is 8.76. The summed E-state index contributed by atoms with van der Waals surface area (Å²) < 4.78 is 15.8. The van der Waals surface area contributed by atoms with Gasteiger partial charge in [-0.15, -0.1) is 0 Å². The van der Waals surface area contributed by atoms with Gasteiger partial charge in [-0.3, -0.25) is 4.79 Å². The average molecular weight is 371 g/mol. The maximum atomic E-state index is 12.4. The van der Waals surface area contributed by atoms with Crippen molar-refractivity contribution in [1.29, 1.82) is 0 Å². The largest absolute Gasteiger partial charge is 0.493 e. The molecule has 6 nitrogen and oxygen atoms in total. The van der Waals surface area contributed by atoms with Gasteiger partial charge >= 0.3 is 5.97 Å². The van der Waals surface area contributed by atoms with Crippen LogP contribution >= 0.6 is 0 Å². The van der Waals surface area contributed by atoms with E-state index < -0.39 is 5.97 Å². The van der Waals surface area contributed by atoms with Gasteiger partial charge in [-0.25, -0.2) is 4.79 Å². The van der Waals surface area contributed by atoms with Crippen LogP contribution in [0.25, 0.3) is 0 Å². The van der Waals surface area contributed by atoms with Crippen LogP contribution in [-0.4, -0.2) is 44.1 Å². The fraction of sp³-hybridized carbons (Fsp3) is 0.333. The Balaban J connectivity index is 1.98. The standard InChI is InChI=1S/C21H25NO5/c1-5-26-19-13-17(11-12-18(19)25-4)21(24)27-14-20(23)22(3)15(2)16-9-7-6-8-10-16/h6-13,15H,5,14H2,1-4H3/t15-/m0/s1. The Morgan fingerprint density at radius 2 is 1.78 bits per heavy atom. The molecule has 0 bridgehead atoms. The lowest BCUT2D eigenvalue weighted by atomic mass is 10.1. The van der Waals surface area contributed by atoms with Crippen LogP contribution in [0.15, 0.2) is 48.5 Å². The smallest absolute Gasteiger partial charge is 0.338 e. The van der Waals surface area contributed by atoms with Gasteiger partial charge in [-0.2, -0.15) is 0 Å². The zero-order chi connectivity index (χ0) is 19.8. The Morgan fingerprint density at radius 3 is 2.41 bits per heavy atom. The number of methoxy groups -OCH3 is 1. The molecule has 2 aromatic carbocycles. The van der Waals surface area contributed by atoms with Crippen molar-refractivity contribution in [3.63, 3.8) is 0 Å². The fourth-order valence-corrected chi connectivity index (χ4v) is 2.56. The molecule has 0 fully saturated rings. The van der Waals surface area contributed by atoms with Crippen molar-refractivity contribution in [2.75, 3.05) is 27.4 Å². The summed E-state index contributed by atoms with van der Waals surface area (Å²) in [6, 6.07) is 14.3. The fourth-order valence-electron chi connectivity index (χ4n) is 2.56. The molecule has 0 spiro atoms. The zero-order valence-electron chi connectivity index (χ0n) is 16.1. The normalized spacial score (nSPS) is 11.4. The van der Waals surface area contributed by atoms with Crippen LogP contribution in [0.2, 0.25) is 0 Å². The molecule has 0 aliphatic heterocycles. The molecule has 0 radical (unpaired) electrons. The molecule has 6 heteroatoms. The highest BCUT2D eigenvalue weighted by molar-refractivity contribution is 5.92. The number of benzene rings is 2. The van der Waals surface area contributed by atoms with Crippen LogP contribution in [0.3, 0.4) is 0 Å². The minimum Gasteiger partial charge on any atom is -0.493 e. The Morgan fingerprint density at radius 1 is 1.07 bits per heavy atom. The van der Waals surface area contributed by atoms with Gasteiger partial charge in [0.1, 0.15) is 0 Å². The number of esters is 1. The lowest BCUT2D eigenvalue weighted by Crippen LogP contribution is -2.33. The quantitative estimate of drug-likeness (QED) is 0.665. The third-order valence-corrected chi connectivity index (χ3v) is 4.28. The molecule has 27 heavy (non-hydrogen) atoms. The molecule has 0 aliphatic carbocycles. The van der Waals surface area contributed by atoms with Crippen molar-refractivity contribution in [2.24, 2.45) is 0 Å². The predicted octanol–water partition coefficient (Wildman–Crippen LogP) is 3.47. The molecule has 1 atom stereocenters. The molecule has 0 saturated carbocycles. The van der Waals surface area contributed by atoms with Crippen molar-refractivity contribution in [3.05, 3.63) is 59.7 Å². The molecule has 0 heterocycles. The van der Waals surface area contributed by atoms with E-state index in [2.05, 4.69) is 0 Å². The second-order valence-corrected chi connectivity index (χ2v) is 5.97. The molecule has 0 saturated heterocycles. The third kappa shape index (κ3) is 5.23. The number of ether oxygens (including phenoxy) is 3. The van der Waals surface area contributed by atoms with Crippen molar-refractivity contribution < 1.29 is 23.8 Å². The first-order chi connectivity index (χ1) is 13.0. The SMILES string of the molecule is CCOc1cc(C(=O)OCC(=O)N(C)[C@@H](C)c2ccccc2)ccc1OC. The minimum atomic E-state index is -0.590. The highest BCUT2D eigenvalue weighted by Gasteiger charge is 2.19. The van der Waals surface area contributed by atoms with Crippen molar-refractivity contribution in [2.45, 2.75) is 19.9 Å². The first-order valence-corrected chi connectivity index (χ1v) is 8.76. The molecule has 0 aliphatic rings. The number of likely N-dealkylation sites (N-methyl/N-ethyl adjacent to an activating group) is 1. The molecule has 2 rings (SSSR count). The van der Waals surface area contributed by atoms with E-state index in [9.17, 15) is 9.59 Å². The summed E-state index contributed by atoms with van der Waals surface area (Å²) in [5.41, 5.74) is 1.31. The van der Waals surface area contributed by atoms with Gasteiger partial charge in [0.2, 0.25) is 0 Å². The van der Waals surface area contributed by atoms with Crippen LogP contribution in [0, 0.1) is 0 Å². The lowest BCUT2D eigenvalue weighted by molar-refractivity contribution is -0.135. The van der Waals surface area contributed by atoms with Crippen LogP contribution in [0.1, 0.15) is 35.8 Å². The van der Waals surface area contributed by atoms with Gasteiger partial charge in [-0.1, -0.05) is 30.3 Å². The molecule has 0 aromatic heterocycles. The Kier molecular flexibility index (Phi) is 7.23. The summed E-state index contributed by atoms with van der Waals surface area (Å²) in [4.78, 5) is 26.2. The Labute approximate surface area is 159 Å².